The van der Waals surface area contributed by atoms with Gasteiger partial charge in [0.15, 0.2) is 0 Å². The van der Waals surface area contributed by atoms with Gasteiger partial charge in [0.2, 0.25) is 5.91 Å². The van der Waals surface area contributed by atoms with Crippen LogP contribution in [0.3, 0.4) is 0 Å². The predicted molar refractivity (Wildman–Crippen MR) is 70.1 cm³/mol. The van der Waals surface area contributed by atoms with Crippen molar-refractivity contribution >= 4 is 40.2 Å². The quantitative estimate of drug-likeness (QED) is 0.824. The van der Waals surface area contributed by atoms with Crippen LogP contribution in [0.1, 0.15) is 6.42 Å². The molecule has 1 fully saturated rings. The molecule has 16 heavy (non-hydrogen) atoms. The van der Waals surface area contributed by atoms with Gasteiger partial charge >= 0.3 is 0 Å². The number of halogens is 1. The summed E-state index contributed by atoms with van der Waals surface area (Å²) in [6.45, 7) is 0.708. The number of phenolic OH excluding ortho intramolecular Hbond substituents is 1. The van der Waals surface area contributed by atoms with Crippen molar-refractivity contribution in [1.82, 2.24) is 0 Å². The summed E-state index contributed by atoms with van der Waals surface area (Å²) in [4.78, 5) is 13.5. The number of carbonyl (C=O) groups excluding carboxylic acids is 1. The van der Waals surface area contributed by atoms with Gasteiger partial charge in [-0.3, -0.25) is 4.79 Å². The number of hydrogen-bond acceptors (Lipinski definition) is 3. The molecule has 0 saturated carbocycles. The second kappa shape index (κ2) is 4.67. The first-order valence-corrected chi connectivity index (χ1v) is 6.44. The zero-order chi connectivity index (χ0) is 11.7. The SMILES string of the molecule is O=C1CC(CS)CN1c1ccc(O)c(Br)c1. The van der Waals surface area contributed by atoms with Crippen molar-refractivity contribution < 1.29 is 9.90 Å². The van der Waals surface area contributed by atoms with E-state index in [1.807, 2.05) is 0 Å². The molecule has 0 bridgehead atoms. The zero-order valence-electron chi connectivity index (χ0n) is 8.56. The highest BCUT2D eigenvalue weighted by atomic mass is 79.9. The van der Waals surface area contributed by atoms with Gasteiger partial charge in [0.05, 0.1) is 4.47 Å². The molecule has 0 spiro atoms. The summed E-state index contributed by atoms with van der Waals surface area (Å²) in [5.41, 5.74) is 0.818. The van der Waals surface area contributed by atoms with Crippen LogP contribution in [-0.2, 0) is 4.79 Å². The number of nitrogens with zero attached hydrogens (tertiary/aromatic N) is 1. The highest BCUT2D eigenvalue weighted by molar-refractivity contribution is 9.10. The molecule has 86 valence electrons. The van der Waals surface area contributed by atoms with E-state index in [0.29, 0.717) is 23.4 Å². The molecule has 1 atom stereocenters. The van der Waals surface area contributed by atoms with Crippen LogP contribution in [0.15, 0.2) is 22.7 Å². The van der Waals surface area contributed by atoms with E-state index in [9.17, 15) is 9.90 Å². The van der Waals surface area contributed by atoms with E-state index in [1.165, 1.54) is 0 Å². The second-order valence-corrected chi connectivity index (χ2v) is 5.11. The molecule has 2 rings (SSSR count). The van der Waals surface area contributed by atoms with Gasteiger partial charge in [-0.05, 0) is 45.8 Å². The van der Waals surface area contributed by atoms with E-state index in [0.717, 1.165) is 11.4 Å². The van der Waals surface area contributed by atoms with Gasteiger partial charge in [-0.2, -0.15) is 12.6 Å². The van der Waals surface area contributed by atoms with Gasteiger partial charge < -0.3 is 10.0 Å². The van der Waals surface area contributed by atoms with Crippen molar-refractivity contribution in [2.45, 2.75) is 6.42 Å². The third-order valence-electron chi connectivity index (χ3n) is 2.71. The summed E-state index contributed by atoms with van der Waals surface area (Å²) in [5.74, 6) is 1.35. The summed E-state index contributed by atoms with van der Waals surface area (Å²) in [6.07, 6.45) is 0.558. The lowest BCUT2D eigenvalue weighted by Gasteiger charge is -2.17. The highest BCUT2D eigenvalue weighted by Crippen LogP contribution is 2.32. The molecule has 1 saturated heterocycles. The first-order valence-electron chi connectivity index (χ1n) is 5.01. The van der Waals surface area contributed by atoms with E-state index < -0.39 is 0 Å². The molecule has 3 nitrogen and oxygen atoms in total. The topological polar surface area (TPSA) is 40.5 Å². The maximum Gasteiger partial charge on any atom is 0.227 e. The second-order valence-electron chi connectivity index (χ2n) is 3.89. The maximum atomic E-state index is 11.8. The summed E-state index contributed by atoms with van der Waals surface area (Å²) in [5, 5.41) is 9.39. The number of thiol groups is 1. The first kappa shape index (κ1) is 11.8. The standard InChI is InChI=1S/C11H12BrNO2S/c12-9-4-8(1-2-10(9)14)13-5-7(6-16)3-11(13)15/h1-2,4,7,14,16H,3,5-6H2. The Morgan fingerprint density at radius 3 is 2.88 bits per heavy atom. The minimum atomic E-state index is 0.122. The van der Waals surface area contributed by atoms with E-state index in [-0.39, 0.29) is 11.7 Å². The smallest absolute Gasteiger partial charge is 0.227 e. The number of benzene rings is 1. The fraction of sp³-hybridized carbons (Fsp3) is 0.364. The average molecular weight is 302 g/mol. The van der Waals surface area contributed by atoms with E-state index >= 15 is 0 Å². The number of rotatable bonds is 2. The predicted octanol–water partition coefficient (Wildman–Crippen LogP) is 2.44. The Kier molecular flexibility index (Phi) is 3.44. The van der Waals surface area contributed by atoms with E-state index in [2.05, 4.69) is 28.6 Å². The third-order valence-corrected chi connectivity index (χ3v) is 3.86. The maximum absolute atomic E-state index is 11.8. The molecule has 0 radical (unpaired) electrons. The molecule has 1 N–H and O–H groups in total. The van der Waals surface area contributed by atoms with Crippen molar-refractivity contribution in [1.29, 1.82) is 0 Å². The Morgan fingerprint density at radius 2 is 2.31 bits per heavy atom. The lowest BCUT2D eigenvalue weighted by Crippen LogP contribution is -2.24. The Labute approximate surface area is 108 Å². The number of anilines is 1. The zero-order valence-corrected chi connectivity index (χ0v) is 11.0. The van der Waals surface area contributed by atoms with Crippen LogP contribution >= 0.6 is 28.6 Å². The summed E-state index contributed by atoms with van der Waals surface area (Å²) < 4.78 is 0.604. The largest absolute Gasteiger partial charge is 0.507 e. The van der Waals surface area contributed by atoms with Crippen LogP contribution in [0.2, 0.25) is 0 Å². The van der Waals surface area contributed by atoms with Crippen LogP contribution in [0, 0.1) is 5.92 Å². The molecule has 1 aromatic rings. The summed E-state index contributed by atoms with van der Waals surface area (Å²) in [6, 6.07) is 5.09. The molecule has 1 unspecified atom stereocenters. The van der Waals surface area contributed by atoms with Gasteiger partial charge in [-0.25, -0.2) is 0 Å². The van der Waals surface area contributed by atoms with Crippen molar-refractivity contribution in [2.24, 2.45) is 5.92 Å². The molecule has 0 aromatic heterocycles. The van der Waals surface area contributed by atoms with Gasteiger partial charge in [0, 0.05) is 18.7 Å². The Balaban J connectivity index is 2.24. The normalized spacial score (nSPS) is 20.5. The average Bonchev–Trinajstić information content (AvgIpc) is 2.64. The van der Waals surface area contributed by atoms with Crippen LogP contribution < -0.4 is 4.90 Å². The Morgan fingerprint density at radius 1 is 1.56 bits per heavy atom. The lowest BCUT2D eigenvalue weighted by molar-refractivity contribution is -0.117. The van der Waals surface area contributed by atoms with Crippen LogP contribution in [0.4, 0.5) is 5.69 Å². The molecule has 1 amide bonds. The minimum Gasteiger partial charge on any atom is -0.507 e. The fourth-order valence-electron chi connectivity index (χ4n) is 1.82. The summed E-state index contributed by atoms with van der Waals surface area (Å²) >= 11 is 7.46. The van der Waals surface area contributed by atoms with Gasteiger partial charge in [0.1, 0.15) is 5.75 Å². The molecule has 1 aliphatic rings. The van der Waals surface area contributed by atoms with Crippen molar-refractivity contribution in [3.05, 3.63) is 22.7 Å². The minimum absolute atomic E-state index is 0.122. The lowest BCUT2D eigenvalue weighted by atomic mass is 10.1. The van der Waals surface area contributed by atoms with Gasteiger partial charge in [0.25, 0.3) is 0 Å². The van der Waals surface area contributed by atoms with E-state index in [1.54, 1.807) is 23.1 Å². The number of phenols is 1. The number of hydrogen-bond donors (Lipinski definition) is 2. The Bertz CT molecular complexity index is 424. The molecule has 0 aliphatic carbocycles. The number of aromatic hydroxyl groups is 1. The van der Waals surface area contributed by atoms with Crippen molar-refractivity contribution in [3.63, 3.8) is 0 Å². The highest BCUT2D eigenvalue weighted by Gasteiger charge is 2.29. The fourth-order valence-corrected chi connectivity index (χ4v) is 2.43. The number of carbonyl (C=O) groups is 1. The monoisotopic (exact) mass is 301 g/mol. The molecule has 1 aliphatic heterocycles. The third kappa shape index (κ3) is 2.20. The van der Waals surface area contributed by atoms with Gasteiger partial charge in [-0.1, -0.05) is 0 Å². The van der Waals surface area contributed by atoms with Crippen LogP contribution in [0.25, 0.3) is 0 Å². The molecule has 1 heterocycles. The van der Waals surface area contributed by atoms with Crippen molar-refractivity contribution in [2.75, 3.05) is 17.2 Å². The Hall–Kier alpha value is -0.680. The molecular weight excluding hydrogens is 290 g/mol. The molecular formula is C11H12BrNO2S. The first-order chi connectivity index (χ1) is 7.61. The molecule has 5 heteroatoms. The molecule has 1 aromatic carbocycles. The van der Waals surface area contributed by atoms with Crippen molar-refractivity contribution in [3.8, 4) is 5.75 Å². The number of amides is 1. The van der Waals surface area contributed by atoms with E-state index in [4.69, 9.17) is 0 Å². The van der Waals surface area contributed by atoms with Gasteiger partial charge in [-0.15, -0.1) is 0 Å². The van der Waals surface area contributed by atoms with Crippen LogP contribution in [-0.4, -0.2) is 23.3 Å². The summed E-state index contributed by atoms with van der Waals surface area (Å²) in [7, 11) is 0. The van der Waals surface area contributed by atoms with Crippen LogP contribution in [0.5, 0.6) is 5.75 Å².